The lowest BCUT2D eigenvalue weighted by atomic mass is 10.1. The van der Waals surface area contributed by atoms with Crippen molar-refractivity contribution in [3.8, 4) is 0 Å². The van der Waals surface area contributed by atoms with E-state index in [-0.39, 0.29) is 6.04 Å². The average Bonchev–Trinajstić information content (AvgIpc) is 2.47. The number of nitrogens with zero attached hydrogens (tertiary/aromatic N) is 2. The molecule has 0 aromatic carbocycles. The fraction of sp³-hybridized carbons (Fsp3) is 1.00. The van der Waals surface area contributed by atoms with Crippen molar-refractivity contribution in [1.82, 2.24) is 8.61 Å². The molecule has 1 heterocycles. The Balaban J connectivity index is 2.83. The lowest BCUT2D eigenvalue weighted by Gasteiger charge is -2.37. The fourth-order valence-corrected chi connectivity index (χ4v) is 4.54. The lowest BCUT2D eigenvalue weighted by Crippen LogP contribution is -2.52. The van der Waals surface area contributed by atoms with Gasteiger partial charge in [-0.15, -0.1) is 11.6 Å². The van der Waals surface area contributed by atoms with Gasteiger partial charge in [0.25, 0.3) is 10.2 Å². The second-order valence-electron chi connectivity index (χ2n) is 4.81. The maximum atomic E-state index is 12.7. The first-order valence-corrected chi connectivity index (χ1v) is 8.81. The summed E-state index contributed by atoms with van der Waals surface area (Å²) in [5.74, 6) is 0.335. The fourth-order valence-electron chi connectivity index (χ4n) is 2.31. The van der Waals surface area contributed by atoms with Gasteiger partial charge < -0.3 is 9.47 Å². The molecule has 0 bridgehead atoms. The summed E-state index contributed by atoms with van der Waals surface area (Å²) in [7, 11) is -0.389. The van der Waals surface area contributed by atoms with Crippen molar-refractivity contribution < 1.29 is 17.9 Å². The summed E-state index contributed by atoms with van der Waals surface area (Å²) in [6, 6.07) is -0.108. The molecule has 1 fully saturated rings. The number of halogens is 1. The monoisotopic (exact) mass is 328 g/mol. The quantitative estimate of drug-likeness (QED) is 0.591. The van der Waals surface area contributed by atoms with Crippen molar-refractivity contribution in [1.29, 1.82) is 0 Å². The topological polar surface area (TPSA) is 59.1 Å². The Hall–Kier alpha value is 0.0800. The van der Waals surface area contributed by atoms with E-state index in [2.05, 4.69) is 0 Å². The first kappa shape index (κ1) is 18.1. The standard InChI is InChI=1S/C12H25ClN2O4S/c1-18-9-7-14(8-10-19-2)20(16,17)15-6-4-3-5-12(15)11-13/h12H,3-11H2,1-2H3. The van der Waals surface area contributed by atoms with Crippen molar-refractivity contribution in [3.63, 3.8) is 0 Å². The minimum absolute atomic E-state index is 0.108. The number of alkyl halides is 1. The van der Waals surface area contributed by atoms with E-state index >= 15 is 0 Å². The lowest BCUT2D eigenvalue weighted by molar-refractivity contribution is 0.143. The molecule has 0 saturated carbocycles. The van der Waals surface area contributed by atoms with Gasteiger partial charge in [-0.25, -0.2) is 0 Å². The molecular weight excluding hydrogens is 304 g/mol. The molecule has 1 saturated heterocycles. The highest BCUT2D eigenvalue weighted by Gasteiger charge is 2.35. The highest BCUT2D eigenvalue weighted by Crippen LogP contribution is 2.23. The van der Waals surface area contributed by atoms with Gasteiger partial charge in [0.1, 0.15) is 0 Å². The Bertz CT molecular complexity index is 358. The second-order valence-corrected chi connectivity index (χ2v) is 7.00. The van der Waals surface area contributed by atoms with E-state index in [9.17, 15) is 8.42 Å². The molecule has 0 spiro atoms. The smallest absolute Gasteiger partial charge is 0.282 e. The van der Waals surface area contributed by atoms with Crippen LogP contribution in [0.15, 0.2) is 0 Å². The van der Waals surface area contributed by atoms with Crippen LogP contribution in [0.25, 0.3) is 0 Å². The van der Waals surface area contributed by atoms with E-state index < -0.39 is 10.2 Å². The van der Waals surface area contributed by atoms with Gasteiger partial charge >= 0.3 is 0 Å². The Morgan fingerprint density at radius 2 is 1.80 bits per heavy atom. The molecule has 0 N–H and O–H groups in total. The van der Waals surface area contributed by atoms with E-state index in [1.165, 1.54) is 8.61 Å². The molecular formula is C12H25ClN2O4S. The molecule has 0 aromatic heterocycles. The van der Waals surface area contributed by atoms with Gasteiger partial charge in [-0.1, -0.05) is 6.42 Å². The van der Waals surface area contributed by atoms with Crippen LogP contribution in [0.4, 0.5) is 0 Å². The molecule has 8 heteroatoms. The summed E-state index contributed by atoms with van der Waals surface area (Å²) in [5.41, 5.74) is 0. The molecule has 1 unspecified atom stereocenters. The van der Waals surface area contributed by atoms with Crippen LogP contribution >= 0.6 is 11.6 Å². The predicted octanol–water partition coefficient (Wildman–Crippen LogP) is 0.919. The van der Waals surface area contributed by atoms with Crippen LogP contribution < -0.4 is 0 Å². The van der Waals surface area contributed by atoms with Crippen LogP contribution in [0.2, 0.25) is 0 Å². The zero-order valence-corrected chi connectivity index (χ0v) is 13.8. The minimum atomic E-state index is -3.51. The molecule has 120 valence electrons. The molecule has 1 rings (SSSR count). The average molecular weight is 329 g/mol. The first-order valence-electron chi connectivity index (χ1n) is 6.88. The molecule has 1 atom stereocenters. The maximum Gasteiger partial charge on any atom is 0.282 e. The number of hydrogen-bond donors (Lipinski definition) is 0. The minimum Gasteiger partial charge on any atom is -0.383 e. The summed E-state index contributed by atoms with van der Waals surface area (Å²) in [5, 5.41) is 0. The Morgan fingerprint density at radius 3 is 2.30 bits per heavy atom. The molecule has 6 nitrogen and oxygen atoms in total. The Labute approximate surface area is 127 Å². The largest absolute Gasteiger partial charge is 0.383 e. The number of piperidine rings is 1. The van der Waals surface area contributed by atoms with Crippen LogP contribution in [0.1, 0.15) is 19.3 Å². The van der Waals surface area contributed by atoms with Crippen molar-refractivity contribution in [2.24, 2.45) is 0 Å². The van der Waals surface area contributed by atoms with Gasteiger partial charge in [0, 0.05) is 45.8 Å². The molecule has 1 aliphatic rings. The third kappa shape index (κ3) is 4.82. The number of ether oxygens (including phenoxy) is 2. The number of rotatable bonds is 9. The van der Waals surface area contributed by atoms with Crippen LogP contribution in [-0.2, 0) is 19.7 Å². The van der Waals surface area contributed by atoms with Crippen molar-refractivity contribution >= 4 is 21.8 Å². The molecule has 20 heavy (non-hydrogen) atoms. The van der Waals surface area contributed by atoms with E-state index in [1.807, 2.05) is 0 Å². The van der Waals surface area contributed by atoms with E-state index in [1.54, 1.807) is 14.2 Å². The highest BCUT2D eigenvalue weighted by atomic mass is 35.5. The van der Waals surface area contributed by atoms with Gasteiger partial charge in [-0.3, -0.25) is 0 Å². The van der Waals surface area contributed by atoms with Crippen LogP contribution in [0, 0.1) is 0 Å². The number of methoxy groups -OCH3 is 2. The maximum absolute atomic E-state index is 12.7. The second kappa shape index (κ2) is 9.17. The number of hydrogen-bond acceptors (Lipinski definition) is 4. The molecule has 0 radical (unpaired) electrons. The third-order valence-electron chi connectivity index (χ3n) is 3.46. The first-order chi connectivity index (χ1) is 9.57. The molecule has 0 amide bonds. The predicted molar refractivity (Wildman–Crippen MR) is 79.3 cm³/mol. The highest BCUT2D eigenvalue weighted by molar-refractivity contribution is 7.86. The van der Waals surface area contributed by atoms with E-state index in [4.69, 9.17) is 21.1 Å². The van der Waals surface area contributed by atoms with Gasteiger partial charge in [-0.05, 0) is 12.8 Å². The molecule has 1 aliphatic heterocycles. The van der Waals surface area contributed by atoms with Crippen molar-refractivity contribution in [3.05, 3.63) is 0 Å². The summed E-state index contributed by atoms with van der Waals surface area (Å²) >= 11 is 5.92. The molecule has 0 aliphatic carbocycles. The normalized spacial score (nSPS) is 21.5. The van der Waals surface area contributed by atoms with Gasteiger partial charge in [0.15, 0.2) is 0 Å². The van der Waals surface area contributed by atoms with Crippen LogP contribution in [0.3, 0.4) is 0 Å². The summed E-state index contributed by atoms with van der Waals surface area (Å²) in [6.07, 6.45) is 2.74. The zero-order chi connectivity index (χ0) is 15.0. The Morgan fingerprint density at radius 1 is 1.20 bits per heavy atom. The van der Waals surface area contributed by atoms with Crippen molar-refractivity contribution in [2.45, 2.75) is 25.3 Å². The van der Waals surface area contributed by atoms with Gasteiger partial charge in [-0.2, -0.15) is 17.0 Å². The van der Waals surface area contributed by atoms with Crippen LogP contribution in [0.5, 0.6) is 0 Å². The van der Waals surface area contributed by atoms with E-state index in [0.29, 0.717) is 38.7 Å². The summed E-state index contributed by atoms with van der Waals surface area (Å²) < 4.78 is 38.4. The third-order valence-corrected chi connectivity index (χ3v) is 5.91. The zero-order valence-electron chi connectivity index (χ0n) is 12.3. The SMILES string of the molecule is COCCN(CCOC)S(=O)(=O)N1CCCCC1CCl. The van der Waals surface area contributed by atoms with Crippen LogP contribution in [-0.4, -0.2) is 76.0 Å². The van der Waals surface area contributed by atoms with Gasteiger partial charge in [0.05, 0.1) is 13.2 Å². The summed E-state index contributed by atoms with van der Waals surface area (Å²) in [4.78, 5) is 0. The summed E-state index contributed by atoms with van der Waals surface area (Å²) in [6.45, 7) is 1.92. The Kier molecular flexibility index (Phi) is 8.31. The van der Waals surface area contributed by atoms with Crippen molar-refractivity contribution in [2.75, 3.05) is 52.9 Å². The van der Waals surface area contributed by atoms with Gasteiger partial charge in [0.2, 0.25) is 0 Å². The molecule has 0 aromatic rings. The van der Waals surface area contributed by atoms with E-state index in [0.717, 1.165) is 19.3 Å².